The van der Waals surface area contributed by atoms with E-state index in [0.717, 1.165) is 12.0 Å². The summed E-state index contributed by atoms with van der Waals surface area (Å²) in [5.41, 5.74) is 2.01. The van der Waals surface area contributed by atoms with Crippen LogP contribution in [0.3, 0.4) is 0 Å². The van der Waals surface area contributed by atoms with Crippen LogP contribution in [0.25, 0.3) is 0 Å². The predicted molar refractivity (Wildman–Crippen MR) is 117 cm³/mol. The second-order valence-electron chi connectivity index (χ2n) is 8.24. The van der Waals surface area contributed by atoms with Gasteiger partial charge < -0.3 is 0 Å². The van der Waals surface area contributed by atoms with Crippen LogP contribution < -0.4 is 0 Å². The van der Waals surface area contributed by atoms with Crippen molar-refractivity contribution >= 4 is 45.7 Å². The van der Waals surface area contributed by atoms with Crippen molar-refractivity contribution in [3.8, 4) is 0 Å². The fourth-order valence-corrected chi connectivity index (χ4v) is 7.43. The first-order chi connectivity index (χ1) is 11.9. The van der Waals surface area contributed by atoms with Crippen LogP contribution in [0.15, 0.2) is 6.20 Å². The largest absolute Gasteiger partial charge is 0.182 e. The molecule has 2 atom stereocenters. The Morgan fingerprint density at radius 2 is 1.80 bits per heavy atom. The fraction of sp³-hybridized carbons (Fsp3) is 0.842. The molecule has 0 N–H and O–H groups in total. The summed E-state index contributed by atoms with van der Waals surface area (Å²) in [4.78, 5) is 0. The van der Waals surface area contributed by atoms with E-state index in [2.05, 4.69) is 95.7 Å². The molecule has 146 valence electrons. The Morgan fingerprint density at radius 1 is 1.08 bits per heavy atom. The molecule has 2 bridgehead atoms. The number of hydrogen-bond donors (Lipinski definition) is 0. The molecule has 0 spiro atoms. The smallest absolute Gasteiger partial charge is 0.0411 e. The first-order valence-electron chi connectivity index (χ1n) is 9.74. The molecule has 3 aliphatic rings. The van der Waals surface area contributed by atoms with E-state index in [-0.39, 0.29) is 0 Å². The molecule has 0 aliphatic heterocycles. The maximum absolute atomic E-state index is 2.51. The SMILES string of the molecule is Cc1cn(C)[c](=[Pt])n1C1CCCCC1.IN(I)[C@@]12CCC[C@H](CC1)C2. The second-order valence-corrected chi connectivity index (χ2v) is 13.0. The van der Waals surface area contributed by atoms with E-state index in [0.29, 0.717) is 5.54 Å². The van der Waals surface area contributed by atoms with Crippen LogP contribution in [0, 0.1) is 16.6 Å². The van der Waals surface area contributed by atoms with Gasteiger partial charge in [-0.25, -0.2) is 0 Å². The van der Waals surface area contributed by atoms with Crippen LogP contribution in [-0.4, -0.2) is 16.0 Å². The average Bonchev–Trinajstić information content (AvgIpc) is 3.05. The molecule has 3 saturated carbocycles. The zero-order valence-electron chi connectivity index (χ0n) is 15.4. The van der Waals surface area contributed by atoms with Crippen LogP contribution in [0.1, 0.15) is 82.4 Å². The number of aromatic nitrogens is 2. The molecule has 3 aliphatic carbocycles. The molecular weight excluding hydrogens is 719 g/mol. The van der Waals surface area contributed by atoms with Gasteiger partial charge in [-0.1, -0.05) is 12.8 Å². The van der Waals surface area contributed by atoms with Crippen molar-refractivity contribution in [3.63, 3.8) is 0 Å². The van der Waals surface area contributed by atoms with E-state index in [1.54, 1.807) is 0 Å². The first-order valence-corrected chi connectivity index (χ1v) is 12.8. The van der Waals surface area contributed by atoms with Crippen molar-refractivity contribution in [2.75, 3.05) is 0 Å². The van der Waals surface area contributed by atoms with E-state index < -0.39 is 0 Å². The third-order valence-corrected chi connectivity index (χ3v) is 9.85. The van der Waals surface area contributed by atoms with Crippen molar-refractivity contribution < 1.29 is 19.4 Å². The Balaban J connectivity index is 0.000000150. The van der Waals surface area contributed by atoms with Crippen LogP contribution >= 0.6 is 45.7 Å². The molecule has 1 aromatic heterocycles. The minimum Gasteiger partial charge on any atom is -0.182 e. The van der Waals surface area contributed by atoms with Crippen molar-refractivity contribution in [2.45, 2.75) is 89.1 Å². The second kappa shape index (κ2) is 9.21. The predicted octanol–water partition coefficient (Wildman–Crippen LogP) is 6.43. The quantitative estimate of drug-likeness (QED) is 0.251. The average molecular weight is 750 g/mol. The first kappa shape index (κ1) is 21.0. The summed E-state index contributed by atoms with van der Waals surface area (Å²) in [5.74, 6) is 1.07. The fourth-order valence-electron chi connectivity index (χ4n) is 5.11. The topological polar surface area (TPSA) is 13.1 Å². The summed E-state index contributed by atoms with van der Waals surface area (Å²) >= 11 is 7.36. The molecule has 3 nitrogen and oxygen atoms in total. The number of hydrogen-bond acceptors (Lipinski definition) is 1. The molecule has 0 unspecified atom stereocenters. The number of rotatable bonds is 2. The molecule has 0 radical (unpaired) electrons. The Hall–Kier alpha value is 1.32. The number of imidazole rings is 1. The monoisotopic (exact) mass is 750 g/mol. The van der Waals surface area contributed by atoms with Crippen molar-refractivity contribution in [2.24, 2.45) is 13.0 Å². The van der Waals surface area contributed by atoms with E-state index in [9.17, 15) is 0 Å². The molecule has 4 rings (SSSR count). The van der Waals surface area contributed by atoms with Gasteiger partial charge in [0.2, 0.25) is 0 Å². The van der Waals surface area contributed by atoms with Gasteiger partial charge in [0.05, 0.1) is 0 Å². The molecule has 0 amide bonds. The van der Waals surface area contributed by atoms with Crippen LogP contribution in [-0.2, 0) is 26.4 Å². The molecule has 0 aromatic carbocycles. The normalized spacial score (nSPS) is 29.6. The van der Waals surface area contributed by atoms with Crippen LogP contribution in [0.2, 0.25) is 0 Å². The molecule has 6 heteroatoms. The number of halogens is 2. The third-order valence-electron chi connectivity index (χ3n) is 6.45. The number of fused-ring (bicyclic) bond motifs is 2. The maximum Gasteiger partial charge on any atom is 0.0411 e. The standard InChI is InChI=1S/C11H18N2.C8H13I2N.Pt/c1-10-8-12(2)9-13(10)11-6-4-3-5-7-11;9-11(10)8-4-1-2-7(6-8)3-5-8;/h8,11H,3-7H2,1-2H3;7H,1-6H2;/t;7-,8+;/m.1./s1. The van der Waals surface area contributed by atoms with Crippen LogP contribution in [0.5, 0.6) is 0 Å². The molecular formula is C19H31I2N3Pt. The van der Waals surface area contributed by atoms with Gasteiger partial charge in [0.15, 0.2) is 0 Å². The minimum absolute atomic E-state index is 0.601. The van der Waals surface area contributed by atoms with Gasteiger partial charge in [0.25, 0.3) is 0 Å². The Bertz CT molecular complexity index is 629. The maximum atomic E-state index is 2.51. The Labute approximate surface area is 191 Å². The summed E-state index contributed by atoms with van der Waals surface area (Å²) < 4.78 is 8.53. The molecule has 25 heavy (non-hydrogen) atoms. The van der Waals surface area contributed by atoms with E-state index in [1.807, 2.05) is 0 Å². The summed E-state index contributed by atoms with van der Waals surface area (Å²) in [5, 5.41) is 0. The van der Waals surface area contributed by atoms with Gasteiger partial charge in [0.1, 0.15) is 0 Å². The third kappa shape index (κ3) is 4.84. The summed E-state index contributed by atoms with van der Waals surface area (Å²) in [6, 6.07) is 0.762. The van der Waals surface area contributed by atoms with E-state index in [4.69, 9.17) is 0 Å². The number of aryl methyl sites for hydroxylation is 2. The van der Waals surface area contributed by atoms with Gasteiger partial charge in [0, 0.05) is 51.3 Å². The van der Waals surface area contributed by atoms with Crippen molar-refractivity contribution in [1.82, 2.24) is 10.5 Å². The zero-order chi connectivity index (χ0) is 18.0. The summed E-state index contributed by atoms with van der Waals surface area (Å²) in [6.45, 7) is 2.22. The Morgan fingerprint density at radius 3 is 2.36 bits per heavy atom. The molecule has 1 aromatic rings. The minimum atomic E-state index is 0.601. The van der Waals surface area contributed by atoms with Crippen molar-refractivity contribution in [3.05, 3.63) is 15.7 Å². The Kier molecular flexibility index (Phi) is 7.75. The molecule has 3 fully saturated rings. The van der Waals surface area contributed by atoms with E-state index >= 15 is 0 Å². The number of nitrogens with zero attached hydrogens (tertiary/aromatic N) is 3. The molecule has 0 saturated heterocycles. The van der Waals surface area contributed by atoms with Gasteiger partial charge in [-0.2, -0.15) is 1.33 Å². The van der Waals surface area contributed by atoms with E-state index in [1.165, 1.54) is 80.1 Å². The van der Waals surface area contributed by atoms with Gasteiger partial charge >= 0.3 is 96.3 Å². The molecule has 1 heterocycles. The summed E-state index contributed by atoms with van der Waals surface area (Å²) in [7, 11) is 2.13. The van der Waals surface area contributed by atoms with Gasteiger partial charge in [-0.15, -0.1) is 0 Å². The zero-order valence-corrected chi connectivity index (χ0v) is 22.0. The van der Waals surface area contributed by atoms with Gasteiger partial charge in [-0.3, -0.25) is 0 Å². The van der Waals surface area contributed by atoms with Gasteiger partial charge in [-0.05, 0) is 31.6 Å². The summed E-state index contributed by atoms with van der Waals surface area (Å²) in [6.07, 6.45) is 18.0. The van der Waals surface area contributed by atoms with Crippen LogP contribution in [0.4, 0.5) is 0 Å². The van der Waals surface area contributed by atoms with Crippen molar-refractivity contribution in [1.29, 1.82) is 0 Å².